The van der Waals surface area contributed by atoms with Crippen LogP contribution in [0.5, 0.6) is 0 Å². The zero-order valence-electron chi connectivity index (χ0n) is 11.7. The van der Waals surface area contributed by atoms with Crippen molar-refractivity contribution in [3.8, 4) is 0 Å². The summed E-state index contributed by atoms with van der Waals surface area (Å²) in [6.45, 7) is 2.20. The molecule has 0 radical (unpaired) electrons. The van der Waals surface area contributed by atoms with Crippen molar-refractivity contribution in [2.75, 3.05) is 13.1 Å². The second-order valence-corrected chi connectivity index (χ2v) is 5.01. The van der Waals surface area contributed by atoms with E-state index in [9.17, 15) is 19.7 Å². The fraction of sp³-hybridized carbons (Fsp3) is 0.538. The van der Waals surface area contributed by atoms with Gasteiger partial charge in [0.05, 0.1) is 17.5 Å². The Morgan fingerprint density at radius 1 is 1.52 bits per heavy atom. The summed E-state index contributed by atoms with van der Waals surface area (Å²) in [5.74, 6) is -1.34. The van der Waals surface area contributed by atoms with Gasteiger partial charge in [-0.2, -0.15) is 0 Å². The number of hydrogen-bond acceptors (Lipinski definition) is 4. The highest BCUT2D eigenvalue weighted by Crippen LogP contribution is 2.38. The highest BCUT2D eigenvalue weighted by Gasteiger charge is 2.31. The third-order valence-corrected chi connectivity index (χ3v) is 3.47. The first-order valence-electron chi connectivity index (χ1n) is 6.81. The molecule has 0 bridgehead atoms. The molecule has 0 aliphatic heterocycles. The van der Waals surface area contributed by atoms with Crippen LogP contribution in [0.25, 0.3) is 0 Å². The van der Waals surface area contributed by atoms with Crippen molar-refractivity contribution in [1.82, 2.24) is 9.47 Å². The number of carboxylic acid groups (broad SMARTS) is 1. The van der Waals surface area contributed by atoms with Crippen LogP contribution in [0.4, 0.5) is 5.69 Å². The lowest BCUT2D eigenvalue weighted by Gasteiger charge is -2.20. The van der Waals surface area contributed by atoms with Crippen molar-refractivity contribution in [3.05, 3.63) is 28.1 Å². The average Bonchev–Trinajstić information content (AvgIpc) is 3.17. The van der Waals surface area contributed by atoms with Crippen LogP contribution in [-0.2, 0) is 4.79 Å². The molecule has 1 amide bonds. The number of aromatic nitrogens is 1. The molecule has 21 heavy (non-hydrogen) atoms. The molecule has 1 aromatic heterocycles. The van der Waals surface area contributed by atoms with Gasteiger partial charge in [-0.15, -0.1) is 0 Å². The standard InChI is InChI=1S/C13H17N3O5/c1-2-14(6-5-12(17)18)13(19)11-7-10(16(20)21)8-15(11)9-3-4-9/h7-9H,2-6H2,1H3,(H,17,18). The Kier molecular flexibility index (Phi) is 4.25. The number of carbonyl (C=O) groups excluding carboxylic acids is 1. The molecule has 1 saturated carbocycles. The minimum absolute atomic E-state index is 0.0916. The van der Waals surface area contributed by atoms with Crippen LogP contribution in [0.3, 0.4) is 0 Å². The first-order valence-corrected chi connectivity index (χ1v) is 6.81. The summed E-state index contributed by atoms with van der Waals surface area (Å²) in [5, 5.41) is 19.6. The second kappa shape index (κ2) is 5.94. The van der Waals surface area contributed by atoms with E-state index in [2.05, 4.69) is 0 Å². The number of hydrogen-bond donors (Lipinski definition) is 1. The molecule has 1 heterocycles. The van der Waals surface area contributed by atoms with Gasteiger partial charge in [0.2, 0.25) is 0 Å². The number of carbonyl (C=O) groups is 2. The molecular formula is C13H17N3O5. The van der Waals surface area contributed by atoms with E-state index in [-0.39, 0.29) is 36.3 Å². The van der Waals surface area contributed by atoms with Crippen molar-refractivity contribution in [3.63, 3.8) is 0 Å². The predicted octanol–water partition coefficient (Wildman–Crippen LogP) is 1.67. The van der Waals surface area contributed by atoms with E-state index >= 15 is 0 Å². The molecule has 8 nitrogen and oxygen atoms in total. The van der Waals surface area contributed by atoms with E-state index in [0.29, 0.717) is 6.54 Å². The summed E-state index contributed by atoms with van der Waals surface area (Å²) in [4.78, 5) is 34.8. The Bertz CT molecular complexity index is 576. The molecule has 8 heteroatoms. The molecule has 0 unspecified atom stereocenters. The minimum Gasteiger partial charge on any atom is -0.481 e. The molecule has 0 saturated heterocycles. The van der Waals surface area contributed by atoms with Gasteiger partial charge < -0.3 is 14.6 Å². The molecule has 1 N–H and O–H groups in total. The van der Waals surface area contributed by atoms with Crippen LogP contribution in [-0.4, -0.2) is 44.5 Å². The van der Waals surface area contributed by atoms with Crippen LogP contribution in [0, 0.1) is 10.1 Å². The summed E-state index contributed by atoms with van der Waals surface area (Å²) in [6.07, 6.45) is 3.03. The second-order valence-electron chi connectivity index (χ2n) is 5.01. The maximum atomic E-state index is 12.5. The van der Waals surface area contributed by atoms with Crippen LogP contribution in [0.15, 0.2) is 12.3 Å². The Morgan fingerprint density at radius 3 is 2.67 bits per heavy atom. The lowest BCUT2D eigenvalue weighted by molar-refractivity contribution is -0.384. The highest BCUT2D eigenvalue weighted by molar-refractivity contribution is 5.94. The lowest BCUT2D eigenvalue weighted by atomic mass is 10.3. The third kappa shape index (κ3) is 3.39. The summed E-state index contributed by atoms with van der Waals surface area (Å²) < 4.78 is 1.64. The predicted molar refractivity (Wildman–Crippen MR) is 73.2 cm³/mol. The van der Waals surface area contributed by atoms with Gasteiger partial charge in [0.1, 0.15) is 5.69 Å². The van der Waals surface area contributed by atoms with Gasteiger partial charge in [0.15, 0.2) is 0 Å². The summed E-state index contributed by atoms with van der Waals surface area (Å²) >= 11 is 0. The third-order valence-electron chi connectivity index (χ3n) is 3.47. The zero-order chi connectivity index (χ0) is 15.6. The maximum Gasteiger partial charge on any atom is 0.305 e. The minimum atomic E-state index is -0.982. The van der Waals surface area contributed by atoms with Gasteiger partial charge in [0.25, 0.3) is 11.6 Å². The Labute approximate surface area is 121 Å². The monoisotopic (exact) mass is 295 g/mol. The fourth-order valence-corrected chi connectivity index (χ4v) is 2.19. The Morgan fingerprint density at radius 2 is 2.19 bits per heavy atom. The van der Waals surface area contributed by atoms with E-state index in [1.54, 1.807) is 11.5 Å². The Hall–Kier alpha value is -2.38. The Balaban J connectivity index is 2.23. The van der Waals surface area contributed by atoms with Gasteiger partial charge in [-0.25, -0.2) is 0 Å². The quantitative estimate of drug-likeness (QED) is 0.608. The van der Waals surface area contributed by atoms with Gasteiger partial charge in [0, 0.05) is 25.2 Å². The largest absolute Gasteiger partial charge is 0.481 e. The van der Waals surface area contributed by atoms with Gasteiger partial charge >= 0.3 is 5.97 Å². The molecular weight excluding hydrogens is 278 g/mol. The molecule has 1 aliphatic rings. The number of carboxylic acids is 1. The lowest BCUT2D eigenvalue weighted by Crippen LogP contribution is -2.34. The van der Waals surface area contributed by atoms with E-state index in [0.717, 1.165) is 12.8 Å². The van der Waals surface area contributed by atoms with Crippen molar-refractivity contribution in [2.45, 2.75) is 32.2 Å². The number of aliphatic carboxylic acids is 1. The molecule has 1 fully saturated rings. The van der Waals surface area contributed by atoms with Crippen molar-refractivity contribution < 1.29 is 19.6 Å². The summed E-state index contributed by atoms with van der Waals surface area (Å²) in [6, 6.07) is 1.40. The van der Waals surface area contributed by atoms with Gasteiger partial charge in [-0.3, -0.25) is 19.7 Å². The number of nitro groups is 1. The molecule has 2 rings (SSSR count). The van der Waals surface area contributed by atoms with Crippen molar-refractivity contribution in [1.29, 1.82) is 0 Å². The van der Waals surface area contributed by atoms with E-state index in [1.165, 1.54) is 17.2 Å². The van der Waals surface area contributed by atoms with E-state index < -0.39 is 10.9 Å². The van der Waals surface area contributed by atoms with Crippen LogP contribution in [0.1, 0.15) is 42.7 Å². The molecule has 1 aliphatic carbocycles. The smallest absolute Gasteiger partial charge is 0.305 e. The number of nitrogens with zero attached hydrogens (tertiary/aromatic N) is 3. The maximum absolute atomic E-state index is 12.5. The van der Waals surface area contributed by atoms with Crippen LogP contribution >= 0.6 is 0 Å². The van der Waals surface area contributed by atoms with E-state index in [4.69, 9.17) is 5.11 Å². The van der Waals surface area contributed by atoms with Crippen molar-refractivity contribution >= 4 is 17.6 Å². The van der Waals surface area contributed by atoms with Crippen molar-refractivity contribution in [2.24, 2.45) is 0 Å². The van der Waals surface area contributed by atoms with Crippen LogP contribution < -0.4 is 0 Å². The zero-order valence-corrected chi connectivity index (χ0v) is 11.7. The highest BCUT2D eigenvalue weighted by atomic mass is 16.6. The fourth-order valence-electron chi connectivity index (χ4n) is 2.19. The molecule has 0 atom stereocenters. The summed E-state index contributed by atoms with van der Waals surface area (Å²) in [5.41, 5.74) is 0.149. The van der Waals surface area contributed by atoms with Crippen LogP contribution in [0.2, 0.25) is 0 Å². The summed E-state index contributed by atoms with van der Waals surface area (Å²) in [7, 11) is 0. The molecule has 1 aromatic rings. The van der Waals surface area contributed by atoms with Gasteiger partial charge in [-0.05, 0) is 19.8 Å². The first kappa shape index (κ1) is 15.0. The normalized spacial score (nSPS) is 14.0. The average molecular weight is 295 g/mol. The topological polar surface area (TPSA) is 106 Å². The van der Waals surface area contributed by atoms with Gasteiger partial charge in [-0.1, -0.05) is 0 Å². The molecule has 114 valence electrons. The number of amides is 1. The van der Waals surface area contributed by atoms with E-state index in [1.807, 2.05) is 0 Å². The number of rotatable bonds is 7. The SMILES string of the molecule is CCN(CCC(=O)O)C(=O)c1cc([N+](=O)[O-])cn1C1CC1. The molecule has 0 spiro atoms. The molecule has 0 aromatic carbocycles. The first-order chi connectivity index (χ1) is 9.93.